The lowest BCUT2D eigenvalue weighted by Gasteiger charge is -2.32. The molecule has 1 aliphatic rings. The van der Waals surface area contributed by atoms with Gasteiger partial charge in [0, 0.05) is 28.7 Å². The van der Waals surface area contributed by atoms with Crippen molar-refractivity contribution in [2.75, 3.05) is 18.4 Å². The Morgan fingerprint density at radius 2 is 1.68 bits per heavy atom. The van der Waals surface area contributed by atoms with E-state index < -0.39 is 0 Å². The van der Waals surface area contributed by atoms with E-state index in [4.69, 9.17) is 27.9 Å². The number of para-hydroxylation sites is 3. The van der Waals surface area contributed by atoms with Gasteiger partial charge in [-0.3, -0.25) is 9.69 Å². The molecule has 1 amide bonds. The van der Waals surface area contributed by atoms with Gasteiger partial charge in [0.1, 0.15) is 5.75 Å². The molecule has 0 radical (unpaired) electrons. The highest BCUT2D eigenvalue weighted by atomic mass is 35.5. The molecular formula is C25H24Cl2N2O2. The zero-order chi connectivity index (χ0) is 21.6. The molecule has 3 aromatic carbocycles. The van der Waals surface area contributed by atoms with Crippen LogP contribution in [0.15, 0.2) is 72.8 Å². The van der Waals surface area contributed by atoms with E-state index in [1.807, 2.05) is 72.8 Å². The van der Waals surface area contributed by atoms with Crippen molar-refractivity contribution in [2.24, 2.45) is 5.92 Å². The number of ether oxygens (including phenoxy) is 1. The van der Waals surface area contributed by atoms with E-state index in [2.05, 4.69) is 10.2 Å². The Kier molecular flexibility index (Phi) is 7.13. The highest BCUT2D eigenvalue weighted by molar-refractivity contribution is 6.35. The monoisotopic (exact) mass is 454 g/mol. The molecule has 1 fully saturated rings. The van der Waals surface area contributed by atoms with Gasteiger partial charge < -0.3 is 10.1 Å². The summed E-state index contributed by atoms with van der Waals surface area (Å²) in [6.45, 7) is 2.21. The lowest BCUT2D eigenvalue weighted by atomic mass is 9.96. The number of hydrogen-bond donors (Lipinski definition) is 1. The van der Waals surface area contributed by atoms with Gasteiger partial charge in [-0.25, -0.2) is 0 Å². The van der Waals surface area contributed by atoms with Crippen molar-refractivity contribution >= 4 is 34.8 Å². The fraction of sp³-hybridized carbons (Fsp3) is 0.240. The van der Waals surface area contributed by atoms with Crippen LogP contribution < -0.4 is 10.1 Å². The largest absolute Gasteiger partial charge is 0.455 e. The number of hydrogen-bond acceptors (Lipinski definition) is 3. The van der Waals surface area contributed by atoms with Crippen LogP contribution in [0.5, 0.6) is 11.5 Å². The van der Waals surface area contributed by atoms with Crippen molar-refractivity contribution in [1.29, 1.82) is 0 Å². The van der Waals surface area contributed by atoms with Crippen LogP contribution in [0.3, 0.4) is 0 Å². The van der Waals surface area contributed by atoms with Gasteiger partial charge >= 0.3 is 0 Å². The summed E-state index contributed by atoms with van der Waals surface area (Å²) in [6.07, 6.45) is 1.79. The summed E-state index contributed by atoms with van der Waals surface area (Å²) < 4.78 is 5.97. The number of nitrogens with one attached hydrogen (secondary N) is 1. The second-order valence-electron chi connectivity index (χ2n) is 7.68. The van der Waals surface area contributed by atoms with Crippen molar-refractivity contribution < 1.29 is 9.53 Å². The van der Waals surface area contributed by atoms with E-state index in [0.717, 1.165) is 30.7 Å². The molecule has 1 saturated heterocycles. The number of rotatable bonds is 6. The molecule has 31 heavy (non-hydrogen) atoms. The van der Waals surface area contributed by atoms with E-state index in [0.29, 0.717) is 34.6 Å². The van der Waals surface area contributed by atoms with Gasteiger partial charge in [0.25, 0.3) is 0 Å². The average molecular weight is 455 g/mol. The fourth-order valence-electron chi connectivity index (χ4n) is 3.83. The molecule has 1 N–H and O–H groups in total. The summed E-state index contributed by atoms with van der Waals surface area (Å²) in [5.41, 5.74) is 1.58. The van der Waals surface area contributed by atoms with Crippen molar-refractivity contribution in [3.05, 3.63) is 88.4 Å². The second kappa shape index (κ2) is 10.2. The van der Waals surface area contributed by atoms with Crippen LogP contribution in [-0.2, 0) is 11.3 Å². The first-order valence-corrected chi connectivity index (χ1v) is 11.1. The Labute approximate surface area is 192 Å². The Bertz CT molecular complexity index is 1020. The van der Waals surface area contributed by atoms with Crippen LogP contribution >= 0.6 is 23.2 Å². The molecule has 0 saturated carbocycles. The van der Waals surface area contributed by atoms with Crippen LogP contribution in [0.1, 0.15) is 18.4 Å². The smallest absolute Gasteiger partial charge is 0.228 e. The van der Waals surface area contributed by atoms with Crippen LogP contribution in [0.2, 0.25) is 10.0 Å². The summed E-state index contributed by atoms with van der Waals surface area (Å²) >= 11 is 12.7. The summed E-state index contributed by atoms with van der Waals surface area (Å²) in [5, 5.41) is 4.38. The number of benzene rings is 3. The number of nitrogens with zero attached hydrogens (tertiary/aromatic N) is 1. The zero-order valence-electron chi connectivity index (χ0n) is 17.1. The number of carbonyl (C=O) groups is 1. The van der Waals surface area contributed by atoms with Gasteiger partial charge in [0.2, 0.25) is 5.91 Å². The van der Waals surface area contributed by atoms with E-state index >= 15 is 0 Å². The quantitative estimate of drug-likeness (QED) is 0.453. The lowest BCUT2D eigenvalue weighted by molar-refractivity contribution is -0.121. The Balaban J connectivity index is 1.42. The molecule has 4 nitrogen and oxygen atoms in total. The third-order valence-electron chi connectivity index (χ3n) is 5.44. The topological polar surface area (TPSA) is 41.6 Å². The van der Waals surface area contributed by atoms with Crippen LogP contribution in [0, 0.1) is 5.92 Å². The van der Waals surface area contributed by atoms with Gasteiger partial charge in [-0.2, -0.15) is 0 Å². The molecule has 6 heteroatoms. The molecule has 0 aliphatic carbocycles. The summed E-state index contributed by atoms with van der Waals surface area (Å²) in [6, 6.07) is 22.6. The van der Waals surface area contributed by atoms with E-state index in [1.54, 1.807) is 0 Å². The number of likely N-dealkylation sites (tertiary alicyclic amines) is 1. The first kappa shape index (κ1) is 21.7. The minimum Gasteiger partial charge on any atom is -0.455 e. The Morgan fingerprint density at radius 1 is 0.968 bits per heavy atom. The van der Waals surface area contributed by atoms with Gasteiger partial charge in [0.05, 0.1) is 11.6 Å². The maximum absolute atomic E-state index is 13.1. The Hall–Kier alpha value is -2.53. The number of amides is 1. The molecule has 1 atom stereocenters. The highest BCUT2D eigenvalue weighted by Crippen LogP contribution is 2.31. The summed E-state index contributed by atoms with van der Waals surface area (Å²) in [4.78, 5) is 15.3. The van der Waals surface area contributed by atoms with Crippen molar-refractivity contribution in [3.8, 4) is 11.5 Å². The molecule has 160 valence electrons. The molecule has 0 bridgehead atoms. The minimum absolute atomic E-state index is 0.000864. The molecule has 1 heterocycles. The molecule has 0 aromatic heterocycles. The van der Waals surface area contributed by atoms with Gasteiger partial charge in [-0.1, -0.05) is 59.6 Å². The van der Waals surface area contributed by atoms with Gasteiger partial charge in [-0.15, -0.1) is 0 Å². The number of halogens is 2. The SMILES string of the molecule is O=C(Nc1ccccc1Oc1ccccc1)[C@@H]1CCCN(Cc2c(Cl)cccc2Cl)C1. The standard InChI is InChI=1S/C25H24Cl2N2O2/c26-21-11-6-12-22(27)20(21)17-29-15-7-8-18(16-29)25(30)28-23-13-4-5-14-24(23)31-19-9-2-1-3-10-19/h1-6,9-14,18H,7-8,15-17H2,(H,28,30)/t18-/m1/s1. The zero-order valence-corrected chi connectivity index (χ0v) is 18.6. The van der Waals surface area contributed by atoms with Crippen molar-refractivity contribution in [2.45, 2.75) is 19.4 Å². The molecular weight excluding hydrogens is 431 g/mol. The van der Waals surface area contributed by atoms with Crippen LogP contribution in [-0.4, -0.2) is 23.9 Å². The maximum Gasteiger partial charge on any atom is 0.228 e. The number of carbonyl (C=O) groups excluding carboxylic acids is 1. The van der Waals surface area contributed by atoms with Crippen LogP contribution in [0.25, 0.3) is 0 Å². The third-order valence-corrected chi connectivity index (χ3v) is 6.14. The summed E-state index contributed by atoms with van der Waals surface area (Å²) in [7, 11) is 0. The highest BCUT2D eigenvalue weighted by Gasteiger charge is 2.27. The van der Waals surface area contributed by atoms with Crippen molar-refractivity contribution in [3.63, 3.8) is 0 Å². The second-order valence-corrected chi connectivity index (χ2v) is 8.49. The predicted molar refractivity (Wildman–Crippen MR) is 126 cm³/mol. The Morgan fingerprint density at radius 3 is 2.45 bits per heavy atom. The van der Waals surface area contributed by atoms with E-state index in [9.17, 15) is 4.79 Å². The first-order chi connectivity index (χ1) is 15.1. The van der Waals surface area contributed by atoms with Gasteiger partial charge in [-0.05, 0) is 55.8 Å². The first-order valence-electron chi connectivity index (χ1n) is 10.4. The normalized spacial score (nSPS) is 16.6. The van der Waals surface area contributed by atoms with Crippen LogP contribution in [0.4, 0.5) is 5.69 Å². The summed E-state index contributed by atoms with van der Waals surface area (Å²) in [5.74, 6) is 1.24. The lowest BCUT2D eigenvalue weighted by Crippen LogP contribution is -2.40. The molecule has 3 aromatic rings. The van der Waals surface area contributed by atoms with Gasteiger partial charge in [0.15, 0.2) is 5.75 Å². The third kappa shape index (κ3) is 5.59. The molecule has 4 rings (SSSR count). The molecule has 1 aliphatic heterocycles. The number of piperidine rings is 1. The van der Waals surface area contributed by atoms with Crippen molar-refractivity contribution in [1.82, 2.24) is 4.90 Å². The minimum atomic E-state index is -0.111. The van der Waals surface area contributed by atoms with E-state index in [-0.39, 0.29) is 11.8 Å². The average Bonchev–Trinajstić information content (AvgIpc) is 2.79. The maximum atomic E-state index is 13.1. The molecule has 0 spiro atoms. The fourth-order valence-corrected chi connectivity index (χ4v) is 4.35. The van der Waals surface area contributed by atoms with E-state index in [1.165, 1.54) is 0 Å². The predicted octanol–water partition coefficient (Wildman–Crippen LogP) is 6.64. The number of anilines is 1. The molecule has 0 unspecified atom stereocenters.